The predicted octanol–water partition coefficient (Wildman–Crippen LogP) is 4.20. The smallest absolute Gasteiger partial charge is 0.251 e. The maximum Gasteiger partial charge on any atom is 0.251 e. The van der Waals surface area contributed by atoms with Crippen LogP contribution < -0.4 is 10.1 Å². The van der Waals surface area contributed by atoms with Crippen LogP contribution in [0.2, 0.25) is 5.02 Å². The fraction of sp³-hybridized carbons (Fsp3) is 0.238. The first-order chi connectivity index (χ1) is 12.9. The van der Waals surface area contributed by atoms with Gasteiger partial charge in [-0.1, -0.05) is 29.8 Å². The lowest BCUT2D eigenvalue weighted by molar-refractivity contribution is 0.0951. The zero-order valence-corrected chi connectivity index (χ0v) is 16.4. The first-order valence-electron chi connectivity index (χ1n) is 8.67. The number of halogens is 1. The number of ether oxygens (including phenoxy) is 1. The second-order valence-electron chi connectivity index (χ2n) is 6.52. The highest BCUT2D eigenvalue weighted by Crippen LogP contribution is 2.26. The lowest BCUT2D eigenvalue weighted by Gasteiger charge is -2.10. The molecule has 3 rings (SSSR count). The van der Waals surface area contributed by atoms with Gasteiger partial charge in [0, 0.05) is 30.9 Å². The van der Waals surface area contributed by atoms with Gasteiger partial charge in [-0.05, 0) is 49.2 Å². The summed E-state index contributed by atoms with van der Waals surface area (Å²) in [5, 5.41) is 7.78. The van der Waals surface area contributed by atoms with Gasteiger partial charge in [0.15, 0.2) is 0 Å². The molecule has 0 radical (unpaired) electrons. The van der Waals surface area contributed by atoms with Gasteiger partial charge in [0.1, 0.15) is 12.4 Å². The van der Waals surface area contributed by atoms with Crippen molar-refractivity contribution in [2.24, 2.45) is 7.05 Å². The second kappa shape index (κ2) is 8.27. The molecule has 1 aromatic heterocycles. The third-order valence-corrected chi connectivity index (χ3v) is 4.56. The molecule has 0 spiro atoms. The van der Waals surface area contributed by atoms with Gasteiger partial charge < -0.3 is 10.1 Å². The quantitative estimate of drug-likeness (QED) is 0.694. The maximum atomic E-state index is 12.3. The minimum Gasteiger partial charge on any atom is -0.487 e. The monoisotopic (exact) mass is 383 g/mol. The Balaban J connectivity index is 1.57. The molecule has 0 fully saturated rings. The maximum absolute atomic E-state index is 12.3. The highest BCUT2D eigenvalue weighted by molar-refractivity contribution is 6.32. The molecule has 6 heteroatoms. The number of rotatable bonds is 6. The fourth-order valence-corrected chi connectivity index (χ4v) is 2.91. The Labute approximate surface area is 163 Å². The predicted molar refractivity (Wildman–Crippen MR) is 106 cm³/mol. The van der Waals surface area contributed by atoms with Crippen LogP contribution in [0.1, 0.15) is 32.7 Å². The molecule has 3 aromatic rings. The van der Waals surface area contributed by atoms with Gasteiger partial charge in [-0.15, -0.1) is 0 Å². The molecule has 0 saturated heterocycles. The minimum absolute atomic E-state index is 0.118. The highest BCUT2D eigenvalue weighted by Gasteiger charge is 2.09. The molecule has 0 saturated carbocycles. The van der Waals surface area contributed by atoms with Crippen molar-refractivity contribution in [3.05, 3.63) is 81.6 Å². The van der Waals surface area contributed by atoms with Gasteiger partial charge in [-0.25, -0.2) is 0 Å². The number of amides is 1. The normalized spacial score (nSPS) is 10.7. The van der Waals surface area contributed by atoms with Crippen LogP contribution >= 0.6 is 11.6 Å². The summed E-state index contributed by atoms with van der Waals surface area (Å²) in [6.45, 7) is 4.76. The summed E-state index contributed by atoms with van der Waals surface area (Å²) in [4.78, 5) is 12.3. The lowest BCUT2D eigenvalue weighted by Crippen LogP contribution is -2.22. The van der Waals surface area contributed by atoms with Crippen molar-refractivity contribution in [3.63, 3.8) is 0 Å². The van der Waals surface area contributed by atoms with Crippen molar-refractivity contribution in [1.82, 2.24) is 15.1 Å². The van der Waals surface area contributed by atoms with E-state index in [4.69, 9.17) is 16.3 Å². The highest BCUT2D eigenvalue weighted by atomic mass is 35.5. The molecular weight excluding hydrogens is 362 g/mol. The van der Waals surface area contributed by atoms with E-state index in [2.05, 4.69) is 10.4 Å². The van der Waals surface area contributed by atoms with Crippen LogP contribution in [0.15, 0.2) is 48.7 Å². The van der Waals surface area contributed by atoms with Crippen molar-refractivity contribution in [1.29, 1.82) is 0 Å². The zero-order valence-electron chi connectivity index (χ0n) is 15.6. The molecular formula is C21H22ClN3O2. The molecule has 0 aliphatic heterocycles. The summed E-state index contributed by atoms with van der Waals surface area (Å²) in [6.07, 6.45) is 1.91. The molecule has 1 N–H and O–H groups in total. The SMILES string of the molecule is Cc1ccc(Cl)c(OCc2ccc(C(=O)NCc3cn(C)nc3C)cc2)c1. The van der Waals surface area contributed by atoms with Gasteiger partial charge in [-0.3, -0.25) is 9.48 Å². The Morgan fingerprint density at radius 2 is 1.93 bits per heavy atom. The van der Waals surface area contributed by atoms with E-state index in [9.17, 15) is 4.79 Å². The molecule has 27 heavy (non-hydrogen) atoms. The lowest BCUT2D eigenvalue weighted by atomic mass is 10.1. The Morgan fingerprint density at radius 3 is 2.59 bits per heavy atom. The van der Waals surface area contributed by atoms with Crippen molar-refractivity contribution in [3.8, 4) is 5.75 Å². The van der Waals surface area contributed by atoms with Crippen molar-refractivity contribution in [2.75, 3.05) is 0 Å². The molecule has 0 aliphatic carbocycles. The van der Waals surface area contributed by atoms with Gasteiger partial charge in [-0.2, -0.15) is 5.10 Å². The van der Waals surface area contributed by atoms with E-state index >= 15 is 0 Å². The third-order valence-electron chi connectivity index (χ3n) is 4.25. The summed E-state index contributed by atoms with van der Waals surface area (Å²) in [6, 6.07) is 13.0. The van der Waals surface area contributed by atoms with Gasteiger partial charge >= 0.3 is 0 Å². The molecule has 140 valence electrons. The number of carbonyl (C=O) groups excluding carboxylic acids is 1. The Morgan fingerprint density at radius 1 is 1.19 bits per heavy atom. The average molecular weight is 384 g/mol. The van der Waals surface area contributed by atoms with E-state index in [0.717, 1.165) is 22.4 Å². The zero-order chi connectivity index (χ0) is 19.4. The molecule has 0 unspecified atom stereocenters. The second-order valence-corrected chi connectivity index (χ2v) is 6.92. The summed E-state index contributed by atoms with van der Waals surface area (Å²) in [7, 11) is 1.86. The van der Waals surface area contributed by atoms with Crippen molar-refractivity contribution >= 4 is 17.5 Å². The van der Waals surface area contributed by atoms with Crippen LogP contribution in [0.3, 0.4) is 0 Å². The standard InChI is InChI=1S/C21H22ClN3O2/c1-14-4-9-19(22)20(10-14)27-13-16-5-7-17(8-6-16)21(26)23-11-18-12-25(3)24-15(18)2/h4-10,12H,11,13H2,1-3H3,(H,23,26). The number of aromatic nitrogens is 2. The van der Waals surface area contributed by atoms with Crippen LogP contribution in [0.4, 0.5) is 0 Å². The molecule has 0 aliphatic rings. The van der Waals surface area contributed by atoms with Gasteiger partial charge in [0.25, 0.3) is 5.91 Å². The number of benzene rings is 2. The average Bonchev–Trinajstić information content (AvgIpc) is 2.98. The summed E-state index contributed by atoms with van der Waals surface area (Å²) in [5.74, 6) is 0.540. The molecule has 0 atom stereocenters. The Bertz CT molecular complexity index is 949. The Kier molecular flexibility index (Phi) is 5.81. The Hall–Kier alpha value is -2.79. The molecule has 1 amide bonds. The van der Waals surface area contributed by atoms with Crippen LogP contribution in [-0.2, 0) is 20.2 Å². The summed E-state index contributed by atoms with van der Waals surface area (Å²) in [5.41, 5.74) is 4.58. The number of hydrogen-bond donors (Lipinski definition) is 1. The largest absolute Gasteiger partial charge is 0.487 e. The third kappa shape index (κ3) is 4.89. The van der Waals surface area contributed by atoms with Crippen LogP contribution in [0, 0.1) is 13.8 Å². The summed E-state index contributed by atoms with van der Waals surface area (Å²) < 4.78 is 7.53. The first kappa shape index (κ1) is 19.0. The number of aryl methyl sites for hydroxylation is 3. The van der Waals surface area contributed by atoms with Crippen molar-refractivity contribution < 1.29 is 9.53 Å². The van der Waals surface area contributed by atoms with E-state index in [1.54, 1.807) is 16.8 Å². The fourth-order valence-electron chi connectivity index (χ4n) is 2.73. The number of nitrogens with one attached hydrogen (secondary N) is 1. The van der Waals surface area contributed by atoms with E-state index in [-0.39, 0.29) is 5.91 Å². The molecule has 1 heterocycles. The number of carbonyl (C=O) groups is 1. The molecule has 0 bridgehead atoms. The van der Waals surface area contributed by atoms with Crippen molar-refractivity contribution in [2.45, 2.75) is 27.0 Å². The van der Waals surface area contributed by atoms with Crippen LogP contribution in [0.5, 0.6) is 5.75 Å². The number of nitrogens with zero attached hydrogens (tertiary/aromatic N) is 2. The van der Waals surface area contributed by atoms with Crippen LogP contribution in [0.25, 0.3) is 0 Å². The summed E-state index contributed by atoms with van der Waals surface area (Å²) >= 11 is 6.14. The van der Waals surface area contributed by atoms with Gasteiger partial charge in [0.05, 0.1) is 10.7 Å². The topological polar surface area (TPSA) is 56.1 Å². The van der Waals surface area contributed by atoms with Crippen LogP contribution in [-0.4, -0.2) is 15.7 Å². The van der Waals surface area contributed by atoms with E-state index in [1.807, 2.05) is 57.4 Å². The minimum atomic E-state index is -0.118. The van der Waals surface area contributed by atoms with Gasteiger partial charge in [0.2, 0.25) is 0 Å². The van der Waals surface area contributed by atoms with E-state index in [1.165, 1.54) is 0 Å². The molecule has 2 aromatic carbocycles. The first-order valence-corrected chi connectivity index (χ1v) is 9.05. The molecule has 5 nitrogen and oxygen atoms in total. The van der Waals surface area contributed by atoms with E-state index in [0.29, 0.717) is 29.5 Å². The van der Waals surface area contributed by atoms with E-state index < -0.39 is 0 Å². The number of hydrogen-bond acceptors (Lipinski definition) is 3.